The van der Waals surface area contributed by atoms with Gasteiger partial charge in [-0.2, -0.15) is 0 Å². The fourth-order valence-corrected chi connectivity index (χ4v) is 5.81. The molecule has 24 heavy (non-hydrogen) atoms. The van der Waals surface area contributed by atoms with Crippen molar-refractivity contribution in [1.82, 2.24) is 14.5 Å². The summed E-state index contributed by atoms with van der Waals surface area (Å²) in [6.45, 7) is 6.83. The van der Waals surface area contributed by atoms with Crippen LogP contribution < -0.4 is 5.32 Å². The molecule has 6 nitrogen and oxygen atoms in total. The largest absolute Gasteiger partial charge is 0.342 e. The number of rotatable bonds is 5. The molecule has 1 amide bonds. The zero-order valence-electron chi connectivity index (χ0n) is 14.4. The molecule has 0 aromatic heterocycles. The zero-order chi connectivity index (χ0) is 16.4. The van der Waals surface area contributed by atoms with E-state index in [1.165, 1.54) is 0 Å². The first kappa shape index (κ1) is 19.9. The van der Waals surface area contributed by atoms with Gasteiger partial charge < -0.3 is 10.2 Å². The molecule has 3 fully saturated rings. The highest BCUT2D eigenvalue weighted by molar-refractivity contribution is 7.89. The van der Waals surface area contributed by atoms with Gasteiger partial charge in [0.1, 0.15) is 0 Å². The van der Waals surface area contributed by atoms with Crippen LogP contribution in [0.3, 0.4) is 0 Å². The Labute approximate surface area is 151 Å². The van der Waals surface area contributed by atoms with E-state index in [4.69, 9.17) is 0 Å². The molecule has 0 bridgehead atoms. The zero-order valence-corrected chi connectivity index (χ0v) is 16.1. The van der Waals surface area contributed by atoms with E-state index >= 15 is 0 Å². The highest BCUT2D eigenvalue weighted by Gasteiger charge is 2.40. The molecule has 0 aromatic rings. The average molecular weight is 380 g/mol. The number of carbonyl (C=O) groups excluding carboxylic acids is 1. The Kier molecular flexibility index (Phi) is 6.93. The van der Waals surface area contributed by atoms with Crippen LogP contribution in [-0.4, -0.2) is 68.6 Å². The second kappa shape index (κ2) is 8.34. The Morgan fingerprint density at radius 2 is 1.71 bits per heavy atom. The van der Waals surface area contributed by atoms with Gasteiger partial charge in [-0.25, -0.2) is 12.7 Å². The number of sulfonamides is 1. The molecule has 0 aromatic carbocycles. The van der Waals surface area contributed by atoms with Gasteiger partial charge in [0.05, 0.1) is 5.75 Å². The number of fused-ring (bicyclic) bond motifs is 1. The lowest BCUT2D eigenvalue weighted by atomic mass is 9.96. The van der Waals surface area contributed by atoms with Crippen LogP contribution in [0, 0.1) is 17.8 Å². The molecule has 0 unspecified atom stereocenters. The van der Waals surface area contributed by atoms with E-state index in [1.54, 1.807) is 4.31 Å². The lowest BCUT2D eigenvalue weighted by molar-refractivity contribution is -0.135. The van der Waals surface area contributed by atoms with Crippen LogP contribution in [0.1, 0.15) is 32.6 Å². The highest BCUT2D eigenvalue weighted by atomic mass is 35.5. The Morgan fingerprint density at radius 1 is 1.12 bits per heavy atom. The normalized spacial score (nSPS) is 28.6. The SMILES string of the molecule is CCCCS(=O)(=O)N1CCC(C(=O)N2C[C@H]3CNC[C@H]3C2)CC1.Cl. The fraction of sp³-hybridized carbons (Fsp3) is 0.938. The van der Waals surface area contributed by atoms with E-state index in [-0.39, 0.29) is 30.0 Å². The van der Waals surface area contributed by atoms with E-state index in [2.05, 4.69) is 5.32 Å². The summed E-state index contributed by atoms with van der Waals surface area (Å²) in [6, 6.07) is 0. The van der Waals surface area contributed by atoms with Gasteiger partial charge in [-0.1, -0.05) is 13.3 Å². The highest BCUT2D eigenvalue weighted by Crippen LogP contribution is 2.30. The first-order valence-electron chi connectivity index (χ1n) is 8.98. The van der Waals surface area contributed by atoms with Gasteiger partial charge >= 0.3 is 0 Å². The minimum atomic E-state index is -3.13. The van der Waals surface area contributed by atoms with Crippen molar-refractivity contribution in [3.8, 4) is 0 Å². The molecule has 0 saturated carbocycles. The van der Waals surface area contributed by atoms with Crippen LogP contribution in [0.15, 0.2) is 0 Å². The molecule has 3 aliphatic rings. The molecule has 1 N–H and O–H groups in total. The third kappa shape index (κ3) is 4.23. The predicted molar refractivity (Wildman–Crippen MR) is 96.7 cm³/mol. The van der Waals surface area contributed by atoms with E-state index in [1.807, 2.05) is 11.8 Å². The van der Waals surface area contributed by atoms with Crippen molar-refractivity contribution in [2.75, 3.05) is 45.0 Å². The Balaban J connectivity index is 0.00000208. The van der Waals surface area contributed by atoms with E-state index in [9.17, 15) is 13.2 Å². The number of piperidine rings is 1. The van der Waals surface area contributed by atoms with Gasteiger partial charge in [0.25, 0.3) is 0 Å². The Hall–Kier alpha value is -0.370. The quantitative estimate of drug-likeness (QED) is 0.771. The number of halogens is 1. The first-order chi connectivity index (χ1) is 11.0. The van der Waals surface area contributed by atoms with E-state index in [0.717, 1.165) is 32.6 Å². The summed E-state index contributed by atoms with van der Waals surface area (Å²) in [5, 5.41) is 3.39. The van der Waals surface area contributed by atoms with E-state index < -0.39 is 10.0 Å². The maximum atomic E-state index is 12.7. The third-order valence-corrected chi connectivity index (χ3v) is 7.61. The van der Waals surface area contributed by atoms with Gasteiger partial charge in [-0.05, 0) is 31.1 Å². The average Bonchev–Trinajstić information content (AvgIpc) is 3.14. The number of amides is 1. The van der Waals surface area contributed by atoms with E-state index in [0.29, 0.717) is 44.2 Å². The van der Waals surface area contributed by atoms with Crippen molar-refractivity contribution < 1.29 is 13.2 Å². The molecule has 3 rings (SSSR count). The number of nitrogens with zero attached hydrogens (tertiary/aromatic N) is 2. The number of hydrogen-bond donors (Lipinski definition) is 1. The van der Waals surface area contributed by atoms with Crippen molar-refractivity contribution in [3.05, 3.63) is 0 Å². The van der Waals surface area contributed by atoms with Crippen LogP contribution in [0.2, 0.25) is 0 Å². The number of likely N-dealkylation sites (tertiary alicyclic amines) is 1. The predicted octanol–water partition coefficient (Wildman–Crippen LogP) is 0.928. The number of nitrogens with one attached hydrogen (secondary N) is 1. The second-order valence-corrected chi connectivity index (χ2v) is 9.35. The monoisotopic (exact) mass is 379 g/mol. The van der Waals surface area contributed by atoms with Crippen LogP contribution in [0.4, 0.5) is 0 Å². The summed E-state index contributed by atoms with van der Waals surface area (Å²) < 4.78 is 26.1. The smallest absolute Gasteiger partial charge is 0.225 e. The molecule has 0 spiro atoms. The standard InChI is InChI=1S/C16H29N3O3S.ClH/c1-2-3-8-23(21,22)19-6-4-13(5-7-19)16(20)18-11-14-9-17-10-15(14)12-18;/h13-15,17H,2-12H2,1H3;1H/t14-,15+;. The lowest BCUT2D eigenvalue weighted by Gasteiger charge is -2.32. The summed E-state index contributed by atoms with van der Waals surface area (Å²) in [7, 11) is -3.13. The molecule has 3 aliphatic heterocycles. The van der Waals surface area contributed by atoms with Crippen molar-refractivity contribution in [1.29, 1.82) is 0 Å². The molecule has 2 atom stereocenters. The summed E-state index contributed by atoms with van der Waals surface area (Å²) in [4.78, 5) is 14.7. The molecule has 8 heteroatoms. The van der Waals surface area contributed by atoms with Crippen LogP contribution in [-0.2, 0) is 14.8 Å². The molecule has 0 radical (unpaired) electrons. The third-order valence-electron chi connectivity index (χ3n) is 5.65. The molecular formula is C16H30ClN3O3S. The summed E-state index contributed by atoms with van der Waals surface area (Å²) in [6.07, 6.45) is 2.95. The molecule has 140 valence electrons. The van der Waals surface area contributed by atoms with Crippen molar-refractivity contribution in [2.45, 2.75) is 32.6 Å². The fourth-order valence-electron chi connectivity index (χ4n) is 4.13. The minimum absolute atomic E-state index is 0. The minimum Gasteiger partial charge on any atom is -0.342 e. The lowest BCUT2D eigenvalue weighted by Crippen LogP contribution is -2.45. The topological polar surface area (TPSA) is 69.7 Å². The maximum Gasteiger partial charge on any atom is 0.225 e. The molecular weight excluding hydrogens is 350 g/mol. The molecule has 3 saturated heterocycles. The summed E-state index contributed by atoms with van der Waals surface area (Å²) in [5.74, 6) is 1.75. The van der Waals surface area contributed by atoms with Gasteiger partial charge in [-0.15, -0.1) is 12.4 Å². The Morgan fingerprint density at radius 3 is 2.25 bits per heavy atom. The van der Waals surface area contributed by atoms with Gasteiger partial charge in [-0.3, -0.25) is 4.79 Å². The number of carbonyl (C=O) groups is 1. The molecule has 0 aliphatic carbocycles. The second-order valence-electron chi connectivity index (χ2n) is 7.26. The maximum absolute atomic E-state index is 12.7. The van der Waals surface area contributed by atoms with Crippen LogP contribution >= 0.6 is 12.4 Å². The molecule has 3 heterocycles. The Bertz CT molecular complexity index is 523. The van der Waals surface area contributed by atoms with Crippen molar-refractivity contribution >= 4 is 28.3 Å². The number of unbranched alkanes of at least 4 members (excludes halogenated alkanes) is 1. The summed E-state index contributed by atoms with van der Waals surface area (Å²) in [5.41, 5.74) is 0. The summed E-state index contributed by atoms with van der Waals surface area (Å²) >= 11 is 0. The van der Waals surface area contributed by atoms with Crippen LogP contribution in [0.25, 0.3) is 0 Å². The van der Waals surface area contributed by atoms with Crippen molar-refractivity contribution in [2.24, 2.45) is 17.8 Å². The van der Waals surface area contributed by atoms with Crippen LogP contribution in [0.5, 0.6) is 0 Å². The van der Waals surface area contributed by atoms with Gasteiger partial charge in [0.2, 0.25) is 15.9 Å². The first-order valence-corrected chi connectivity index (χ1v) is 10.6. The van der Waals surface area contributed by atoms with Gasteiger partial charge in [0, 0.05) is 45.2 Å². The number of hydrogen-bond acceptors (Lipinski definition) is 4. The van der Waals surface area contributed by atoms with Gasteiger partial charge in [0.15, 0.2) is 0 Å². The van der Waals surface area contributed by atoms with Crippen molar-refractivity contribution in [3.63, 3.8) is 0 Å².